The molecule has 2 heteroatoms. The first kappa shape index (κ1) is 9.76. The summed E-state index contributed by atoms with van der Waals surface area (Å²) < 4.78 is 0. The van der Waals surface area contributed by atoms with E-state index in [0.29, 0.717) is 6.42 Å². The van der Waals surface area contributed by atoms with E-state index in [1.807, 2.05) is 25.1 Å². The molecule has 0 saturated carbocycles. The lowest BCUT2D eigenvalue weighted by atomic mass is 10.0. The summed E-state index contributed by atoms with van der Waals surface area (Å²) in [7, 11) is 0. The number of nitrogens with zero attached hydrogens (tertiary/aromatic N) is 1. The van der Waals surface area contributed by atoms with Crippen molar-refractivity contribution in [2.24, 2.45) is 0 Å². The Labute approximate surface area is 78.4 Å². The van der Waals surface area contributed by atoms with Gasteiger partial charge in [-0.2, -0.15) is 5.26 Å². The molecule has 1 aromatic rings. The molecule has 0 aliphatic rings. The fraction of sp³-hybridized carbons (Fsp3) is 0.364. The highest BCUT2D eigenvalue weighted by Crippen LogP contribution is 2.12. The topological polar surface area (TPSA) is 44.0 Å². The number of rotatable bonds is 3. The second-order valence-electron chi connectivity index (χ2n) is 3.08. The highest BCUT2D eigenvalue weighted by molar-refractivity contribution is 5.31. The van der Waals surface area contributed by atoms with Crippen molar-refractivity contribution in [3.05, 3.63) is 34.9 Å². The fourth-order valence-corrected chi connectivity index (χ4v) is 1.28. The fourth-order valence-electron chi connectivity index (χ4n) is 1.28. The van der Waals surface area contributed by atoms with Crippen molar-refractivity contribution in [1.29, 1.82) is 5.26 Å². The lowest BCUT2D eigenvalue weighted by Gasteiger charge is -2.05. The SMILES string of the molecule is Cc1ccc(CO)cc1CCC#N. The van der Waals surface area contributed by atoms with E-state index in [4.69, 9.17) is 10.4 Å². The summed E-state index contributed by atoms with van der Waals surface area (Å²) in [6.07, 6.45) is 1.31. The molecule has 13 heavy (non-hydrogen) atoms. The van der Waals surface area contributed by atoms with E-state index in [0.717, 1.165) is 17.5 Å². The predicted molar refractivity (Wildman–Crippen MR) is 51.0 cm³/mol. The largest absolute Gasteiger partial charge is 0.392 e. The van der Waals surface area contributed by atoms with Gasteiger partial charge in [-0.05, 0) is 30.0 Å². The minimum absolute atomic E-state index is 0.0693. The Kier molecular flexibility index (Phi) is 3.48. The summed E-state index contributed by atoms with van der Waals surface area (Å²) in [5.41, 5.74) is 3.26. The monoisotopic (exact) mass is 175 g/mol. The van der Waals surface area contributed by atoms with Crippen LogP contribution in [0.3, 0.4) is 0 Å². The van der Waals surface area contributed by atoms with Crippen LogP contribution in [-0.4, -0.2) is 5.11 Å². The molecule has 2 nitrogen and oxygen atoms in total. The Hall–Kier alpha value is -1.33. The molecule has 0 heterocycles. The molecule has 0 saturated heterocycles. The summed E-state index contributed by atoms with van der Waals surface area (Å²) in [5, 5.41) is 17.4. The van der Waals surface area contributed by atoms with Gasteiger partial charge in [0.15, 0.2) is 0 Å². The highest BCUT2D eigenvalue weighted by atomic mass is 16.3. The Balaban J connectivity index is 2.85. The zero-order chi connectivity index (χ0) is 9.68. The van der Waals surface area contributed by atoms with Crippen LogP contribution in [0.4, 0.5) is 0 Å². The van der Waals surface area contributed by atoms with E-state index in [1.165, 1.54) is 5.56 Å². The molecule has 0 spiro atoms. The molecule has 0 fully saturated rings. The van der Waals surface area contributed by atoms with Crippen LogP contribution in [0.15, 0.2) is 18.2 Å². The molecule has 0 bridgehead atoms. The van der Waals surface area contributed by atoms with Crippen molar-refractivity contribution in [3.8, 4) is 6.07 Å². The summed E-state index contributed by atoms with van der Waals surface area (Å²) in [6.45, 7) is 2.09. The molecule has 0 amide bonds. The molecule has 1 rings (SSSR count). The summed E-state index contributed by atoms with van der Waals surface area (Å²) in [6, 6.07) is 7.98. The van der Waals surface area contributed by atoms with Crippen LogP contribution in [0.25, 0.3) is 0 Å². The number of aliphatic hydroxyl groups excluding tert-OH is 1. The third kappa shape index (κ3) is 2.57. The van der Waals surface area contributed by atoms with Gasteiger partial charge in [0, 0.05) is 6.42 Å². The number of aliphatic hydroxyl groups is 1. The van der Waals surface area contributed by atoms with Crippen molar-refractivity contribution in [1.82, 2.24) is 0 Å². The summed E-state index contributed by atoms with van der Waals surface area (Å²) in [5.74, 6) is 0. The summed E-state index contributed by atoms with van der Waals surface area (Å²) in [4.78, 5) is 0. The molecule has 68 valence electrons. The standard InChI is InChI=1S/C11H13NO/c1-9-4-5-10(8-13)7-11(9)3-2-6-12/h4-5,7,13H,2-3,8H2,1H3. The van der Waals surface area contributed by atoms with Gasteiger partial charge in [-0.15, -0.1) is 0 Å². The second-order valence-corrected chi connectivity index (χ2v) is 3.08. The van der Waals surface area contributed by atoms with Crippen LogP contribution in [-0.2, 0) is 13.0 Å². The maximum Gasteiger partial charge on any atom is 0.0681 e. The number of benzene rings is 1. The molecule has 0 atom stereocenters. The van der Waals surface area contributed by atoms with Gasteiger partial charge in [0.25, 0.3) is 0 Å². The maximum absolute atomic E-state index is 8.91. The van der Waals surface area contributed by atoms with Crippen molar-refractivity contribution >= 4 is 0 Å². The molecular weight excluding hydrogens is 162 g/mol. The second kappa shape index (κ2) is 4.64. The molecule has 1 N–H and O–H groups in total. The van der Waals surface area contributed by atoms with Crippen LogP contribution in [0.1, 0.15) is 23.1 Å². The average molecular weight is 175 g/mol. The first-order valence-corrected chi connectivity index (χ1v) is 4.34. The number of hydrogen-bond acceptors (Lipinski definition) is 2. The molecule has 0 unspecified atom stereocenters. The van der Waals surface area contributed by atoms with Crippen LogP contribution in [0.5, 0.6) is 0 Å². The number of aryl methyl sites for hydroxylation is 2. The van der Waals surface area contributed by atoms with E-state index in [-0.39, 0.29) is 6.61 Å². The molecular formula is C11H13NO. The molecule has 0 aromatic heterocycles. The first-order valence-electron chi connectivity index (χ1n) is 4.34. The van der Waals surface area contributed by atoms with Gasteiger partial charge in [0.05, 0.1) is 12.7 Å². The van der Waals surface area contributed by atoms with E-state index < -0.39 is 0 Å². The van der Waals surface area contributed by atoms with Crippen LogP contribution in [0, 0.1) is 18.3 Å². The zero-order valence-corrected chi connectivity index (χ0v) is 7.75. The normalized spacial score (nSPS) is 9.62. The van der Waals surface area contributed by atoms with Crippen LogP contribution >= 0.6 is 0 Å². The predicted octanol–water partition coefficient (Wildman–Crippen LogP) is 1.94. The van der Waals surface area contributed by atoms with E-state index >= 15 is 0 Å². The Morgan fingerprint density at radius 3 is 2.85 bits per heavy atom. The van der Waals surface area contributed by atoms with Crippen molar-refractivity contribution in [2.75, 3.05) is 0 Å². The lowest BCUT2D eigenvalue weighted by Crippen LogP contribution is -1.92. The van der Waals surface area contributed by atoms with E-state index in [2.05, 4.69) is 6.07 Å². The van der Waals surface area contributed by atoms with Crippen molar-refractivity contribution < 1.29 is 5.11 Å². The minimum Gasteiger partial charge on any atom is -0.392 e. The Morgan fingerprint density at radius 1 is 1.46 bits per heavy atom. The van der Waals surface area contributed by atoms with Crippen molar-refractivity contribution in [3.63, 3.8) is 0 Å². The maximum atomic E-state index is 8.91. The first-order chi connectivity index (χ1) is 6.27. The van der Waals surface area contributed by atoms with Crippen LogP contribution < -0.4 is 0 Å². The van der Waals surface area contributed by atoms with Gasteiger partial charge in [0.2, 0.25) is 0 Å². The van der Waals surface area contributed by atoms with Gasteiger partial charge in [-0.1, -0.05) is 18.2 Å². The third-order valence-electron chi connectivity index (χ3n) is 2.10. The zero-order valence-electron chi connectivity index (χ0n) is 7.75. The quantitative estimate of drug-likeness (QED) is 0.763. The van der Waals surface area contributed by atoms with Gasteiger partial charge >= 0.3 is 0 Å². The molecule has 0 radical (unpaired) electrons. The highest BCUT2D eigenvalue weighted by Gasteiger charge is 1.99. The van der Waals surface area contributed by atoms with Gasteiger partial charge in [0.1, 0.15) is 0 Å². The Bertz CT molecular complexity index is 325. The van der Waals surface area contributed by atoms with Crippen LogP contribution in [0.2, 0.25) is 0 Å². The lowest BCUT2D eigenvalue weighted by molar-refractivity contribution is 0.281. The smallest absolute Gasteiger partial charge is 0.0681 e. The van der Waals surface area contributed by atoms with Gasteiger partial charge < -0.3 is 5.11 Å². The Morgan fingerprint density at radius 2 is 2.23 bits per heavy atom. The number of nitriles is 1. The summed E-state index contributed by atoms with van der Waals surface area (Å²) >= 11 is 0. The molecule has 1 aromatic carbocycles. The van der Waals surface area contributed by atoms with E-state index in [9.17, 15) is 0 Å². The average Bonchev–Trinajstić information content (AvgIpc) is 2.17. The van der Waals surface area contributed by atoms with Gasteiger partial charge in [-0.3, -0.25) is 0 Å². The van der Waals surface area contributed by atoms with Gasteiger partial charge in [-0.25, -0.2) is 0 Å². The molecule has 0 aliphatic heterocycles. The van der Waals surface area contributed by atoms with Crippen molar-refractivity contribution in [2.45, 2.75) is 26.4 Å². The molecule has 0 aliphatic carbocycles. The number of hydrogen-bond donors (Lipinski definition) is 1. The van der Waals surface area contributed by atoms with E-state index in [1.54, 1.807) is 0 Å². The minimum atomic E-state index is 0.0693. The third-order valence-corrected chi connectivity index (χ3v) is 2.10.